The van der Waals surface area contributed by atoms with Crippen LogP contribution in [0.3, 0.4) is 0 Å². The molecule has 4 aromatic rings. The summed E-state index contributed by atoms with van der Waals surface area (Å²) in [7, 11) is 0. The second-order valence-electron chi connectivity index (χ2n) is 9.91. The third kappa shape index (κ3) is 4.90. The maximum absolute atomic E-state index is 14.8. The predicted octanol–water partition coefficient (Wildman–Crippen LogP) is 4.87. The number of carbonyl (C=O) groups excluding carboxylic acids is 1. The molecule has 0 spiro atoms. The van der Waals surface area contributed by atoms with Crippen LogP contribution < -0.4 is 10.6 Å². The van der Waals surface area contributed by atoms with Gasteiger partial charge >= 0.3 is 6.18 Å². The largest absolute Gasteiger partial charge is 0.401 e. The number of ether oxygens (including phenoxy) is 1. The molecule has 40 heavy (non-hydrogen) atoms. The second kappa shape index (κ2) is 9.70. The highest BCUT2D eigenvalue weighted by molar-refractivity contribution is 5.91. The van der Waals surface area contributed by atoms with E-state index in [9.17, 15) is 22.4 Å². The van der Waals surface area contributed by atoms with Crippen molar-refractivity contribution in [1.82, 2.24) is 24.9 Å². The van der Waals surface area contributed by atoms with Crippen LogP contribution in [0.1, 0.15) is 35.9 Å². The maximum atomic E-state index is 14.8. The molecule has 208 valence electrons. The molecule has 1 saturated carbocycles. The lowest BCUT2D eigenvalue weighted by Gasteiger charge is -2.25. The number of benzene rings is 1. The molecule has 0 unspecified atom stereocenters. The standard InChI is InChI=1S/C26H23F4N7O3/c1-14-20(11-37(35-14)18-12-39-13-18)33-24-31-9-17(10-32-24)15-2-3-16(19(27)6-15)7-23(38)34-22-8-21(40-36-22)25(4-5-25)26(28,29)30/h2-3,6,8-11,18H,4-5,7,12-13H2,1H3,(H,31,32,33)(H,34,36,38). The number of nitrogens with zero attached hydrogens (tertiary/aromatic N) is 5. The van der Waals surface area contributed by atoms with Gasteiger partial charge in [0.05, 0.1) is 37.1 Å². The van der Waals surface area contributed by atoms with E-state index in [0.717, 1.165) is 17.4 Å². The highest BCUT2D eigenvalue weighted by Crippen LogP contribution is 2.59. The van der Waals surface area contributed by atoms with Crippen molar-refractivity contribution in [2.45, 2.75) is 43.8 Å². The van der Waals surface area contributed by atoms with Gasteiger partial charge in [0.2, 0.25) is 11.9 Å². The topological polar surface area (TPSA) is 120 Å². The number of carbonyl (C=O) groups is 1. The van der Waals surface area contributed by atoms with E-state index in [4.69, 9.17) is 9.26 Å². The normalized spacial score (nSPS) is 16.4. The van der Waals surface area contributed by atoms with Crippen LogP contribution in [0.5, 0.6) is 0 Å². The molecule has 3 aromatic heterocycles. The summed E-state index contributed by atoms with van der Waals surface area (Å²) in [6.45, 7) is 3.12. The van der Waals surface area contributed by atoms with Crippen molar-refractivity contribution in [3.05, 3.63) is 65.7 Å². The van der Waals surface area contributed by atoms with Crippen molar-refractivity contribution in [3.8, 4) is 11.1 Å². The number of hydrogen-bond acceptors (Lipinski definition) is 8. The van der Waals surface area contributed by atoms with Crippen LogP contribution in [0.2, 0.25) is 0 Å². The highest BCUT2D eigenvalue weighted by Gasteiger charge is 2.66. The first-order chi connectivity index (χ1) is 19.1. The monoisotopic (exact) mass is 557 g/mol. The van der Waals surface area contributed by atoms with E-state index in [1.807, 2.05) is 17.8 Å². The van der Waals surface area contributed by atoms with Crippen LogP contribution in [0.15, 0.2) is 47.4 Å². The Morgan fingerprint density at radius 2 is 1.90 bits per heavy atom. The smallest absolute Gasteiger partial charge is 0.377 e. The number of halogens is 4. The molecule has 1 saturated heterocycles. The molecule has 6 rings (SSSR count). The summed E-state index contributed by atoms with van der Waals surface area (Å²) >= 11 is 0. The van der Waals surface area contributed by atoms with Crippen LogP contribution in [-0.2, 0) is 21.4 Å². The predicted molar refractivity (Wildman–Crippen MR) is 133 cm³/mol. The average molecular weight is 558 g/mol. The fraction of sp³-hybridized carbons (Fsp3) is 0.346. The first-order valence-corrected chi connectivity index (χ1v) is 12.5. The van der Waals surface area contributed by atoms with Crippen LogP contribution in [-0.4, -0.2) is 50.2 Å². The number of rotatable bonds is 8. The number of nitrogens with one attached hydrogen (secondary N) is 2. The Hall–Kier alpha value is -4.33. The van der Waals surface area contributed by atoms with E-state index in [0.29, 0.717) is 30.3 Å². The Morgan fingerprint density at radius 3 is 2.52 bits per heavy atom. The van der Waals surface area contributed by atoms with E-state index in [1.54, 1.807) is 18.5 Å². The third-order valence-corrected chi connectivity index (χ3v) is 7.09. The first kappa shape index (κ1) is 25.9. The molecule has 1 aliphatic carbocycles. The second-order valence-corrected chi connectivity index (χ2v) is 9.91. The molecule has 2 N–H and O–H groups in total. The molecule has 1 aliphatic heterocycles. The van der Waals surface area contributed by atoms with E-state index in [1.165, 1.54) is 12.1 Å². The van der Waals surface area contributed by atoms with Gasteiger partial charge in [0, 0.05) is 30.2 Å². The van der Waals surface area contributed by atoms with Crippen molar-refractivity contribution in [3.63, 3.8) is 0 Å². The van der Waals surface area contributed by atoms with Gasteiger partial charge in [-0.1, -0.05) is 17.3 Å². The summed E-state index contributed by atoms with van der Waals surface area (Å²) < 4.78 is 66.5. The summed E-state index contributed by atoms with van der Waals surface area (Å²) in [5.41, 5.74) is 0.679. The lowest BCUT2D eigenvalue weighted by atomic mass is 10.0. The quantitative estimate of drug-likeness (QED) is 0.295. The maximum Gasteiger partial charge on any atom is 0.401 e. The number of amides is 1. The summed E-state index contributed by atoms with van der Waals surface area (Å²) in [4.78, 5) is 21.0. The van der Waals surface area contributed by atoms with Crippen molar-refractivity contribution >= 4 is 23.4 Å². The van der Waals surface area contributed by atoms with E-state index < -0.39 is 23.3 Å². The minimum Gasteiger partial charge on any atom is -0.377 e. The Labute approximate surface area is 224 Å². The van der Waals surface area contributed by atoms with Gasteiger partial charge in [-0.15, -0.1) is 0 Å². The summed E-state index contributed by atoms with van der Waals surface area (Å²) in [5, 5.41) is 13.5. The zero-order chi connectivity index (χ0) is 28.1. The van der Waals surface area contributed by atoms with Gasteiger partial charge in [-0.05, 0) is 37.0 Å². The molecule has 0 bridgehead atoms. The van der Waals surface area contributed by atoms with Crippen LogP contribution in [0.25, 0.3) is 11.1 Å². The highest BCUT2D eigenvalue weighted by atomic mass is 19.4. The van der Waals surface area contributed by atoms with Crippen molar-refractivity contribution < 1.29 is 31.6 Å². The Bertz CT molecular complexity index is 1560. The molecular weight excluding hydrogens is 534 g/mol. The van der Waals surface area contributed by atoms with E-state index in [2.05, 4.69) is 30.9 Å². The molecule has 10 nitrogen and oxygen atoms in total. The molecule has 2 fully saturated rings. The first-order valence-electron chi connectivity index (χ1n) is 12.5. The zero-order valence-corrected chi connectivity index (χ0v) is 21.1. The Morgan fingerprint density at radius 1 is 1.15 bits per heavy atom. The Kier molecular flexibility index (Phi) is 6.28. The fourth-order valence-electron chi connectivity index (χ4n) is 4.41. The minimum absolute atomic E-state index is 0.0944. The minimum atomic E-state index is -4.46. The number of hydrogen-bond donors (Lipinski definition) is 2. The van der Waals surface area contributed by atoms with Gasteiger partial charge in [-0.3, -0.25) is 9.48 Å². The zero-order valence-electron chi connectivity index (χ0n) is 21.1. The third-order valence-electron chi connectivity index (χ3n) is 7.09. The molecule has 1 aromatic carbocycles. The molecular formula is C26H23F4N7O3. The molecule has 0 radical (unpaired) electrons. The molecule has 1 amide bonds. The van der Waals surface area contributed by atoms with Gasteiger partial charge in [-0.2, -0.15) is 18.3 Å². The molecule has 2 aliphatic rings. The fourth-order valence-corrected chi connectivity index (χ4v) is 4.41. The lowest BCUT2D eigenvalue weighted by molar-refractivity contribution is -0.165. The lowest BCUT2D eigenvalue weighted by Crippen LogP contribution is -2.30. The number of aryl methyl sites for hydroxylation is 1. The number of anilines is 3. The summed E-state index contributed by atoms with van der Waals surface area (Å²) in [6, 6.07) is 5.62. The molecule has 4 heterocycles. The van der Waals surface area contributed by atoms with Gasteiger partial charge in [0.15, 0.2) is 11.6 Å². The van der Waals surface area contributed by atoms with Crippen molar-refractivity contribution in [1.29, 1.82) is 0 Å². The van der Waals surface area contributed by atoms with Gasteiger partial charge < -0.3 is 19.9 Å². The van der Waals surface area contributed by atoms with Crippen LogP contribution in [0, 0.1) is 12.7 Å². The number of alkyl halides is 3. The van der Waals surface area contributed by atoms with Crippen LogP contribution >= 0.6 is 0 Å². The van der Waals surface area contributed by atoms with E-state index in [-0.39, 0.29) is 42.4 Å². The molecule has 0 atom stereocenters. The van der Waals surface area contributed by atoms with Crippen molar-refractivity contribution in [2.75, 3.05) is 23.8 Å². The van der Waals surface area contributed by atoms with Gasteiger partial charge in [-0.25, -0.2) is 14.4 Å². The van der Waals surface area contributed by atoms with Crippen LogP contribution in [0.4, 0.5) is 35.0 Å². The SMILES string of the molecule is Cc1nn(C2COC2)cc1Nc1ncc(-c2ccc(CC(=O)Nc3cc(C4(C(F)(F)F)CC4)on3)c(F)c2)cn1. The van der Waals surface area contributed by atoms with Crippen molar-refractivity contribution in [2.24, 2.45) is 0 Å². The van der Waals surface area contributed by atoms with E-state index >= 15 is 0 Å². The summed E-state index contributed by atoms with van der Waals surface area (Å²) in [6.07, 6.45) is -0.0337. The molecule has 14 heteroatoms. The Balaban J connectivity index is 1.08. The van der Waals surface area contributed by atoms with Gasteiger partial charge in [0.25, 0.3) is 0 Å². The average Bonchev–Trinajstić information content (AvgIpc) is 3.46. The van der Waals surface area contributed by atoms with Gasteiger partial charge in [0.1, 0.15) is 11.2 Å². The number of aromatic nitrogens is 5. The summed E-state index contributed by atoms with van der Waals surface area (Å²) in [5.74, 6) is -1.43.